The van der Waals surface area contributed by atoms with Gasteiger partial charge >= 0.3 is 7.12 Å². The maximum atomic E-state index is 11.2. The fourth-order valence-electron chi connectivity index (χ4n) is 3.25. The monoisotopic (exact) mass is 344 g/mol. The molecule has 1 unspecified atom stereocenters. The molecule has 2 aromatic heterocycles. The number of amides is 1. The molecule has 134 valence electrons. The zero-order valence-corrected chi connectivity index (χ0v) is 15.7. The second kappa shape index (κ2) is 6.11. The van der Waals surface area contributed by atoms with Gasteiger partial charge in [0.15, 0.2) is 11.5 Å². The Morgan fingerprint density at radius 3 is 2.68 bits per heavy atom. The molecule has 25 heavy (non-hydrogen) atoms. The standard InChI is InChI=1S/C17H25BN4O3/c1-11(2)9-17(6)16(4,5)24-18(25-17)13-7-8-15-20-14(19-12(3)23)10-22(15)21-13/h7-8,10-11H,9H2,1-6H3,(H,19,23). The van der Waals surface area contributed by atoms with Crippen LogP contribution in [0.25, 0.3) is 5.65 Å². The van der Waals surface area contributed by atoms with E-state index in [4.69, 9.17) is 9.31 Å². The molecule has 1 saturated heterocycles. The fraction of sp³-hybridized carbons (Fsp3) is 0.588. The number of imidazole rings is 1. The lowest BCUT2D eigenvalue weighted by Crippen LogP contribution is -2.45. The van der Waals surface area contributed by atoms with Crippen molar-refractivity contribution >= 4 is 30.1 Å². The van der Waals surface area contributed by atoms with Crippen molar-refractivity contribution in [3.63, 3.8) is 0 Å². The highest BCUT2D eigenvalue weighted by Crippen LogP contribution is 2.41. The Morgan fingerprint density at radius 1 is 1.32 bits per heavy atom. The van der Waals surface area contributed by atoms with Gasteiger partial charge in [0.1, 0.15) is 0 Å². The van der Waals surface area contributed by atoms with Gasteiger partial charge in [0, 0.05) is 6.92 Å². The van der Waals surface area contributed by atoms with Gasteiger partial charge in [-0.15, -0.1) is 0 Å². The maximum absolute atomic E-state index is 11.2. The lowest BCUT2D eigenvalue weighted by molar-refractivity contribution is -0.114. The van der Waals surface area contributed by atoms with E-state index < -0.39 is 18.3 Å². The Hall–Kier alpha value is -1.93. The van der Waals surface area contributed by atoms with Crippen LogP contribution in [0.4, 0.5) is 5.82 Å². The van der Waals surface area contributed by atoms with E-state index in [1.54, 1.807) is 10.7 Å². The zero-order chi connectivity index (χ0) is 18.4. The molecule has 7 nitrogen and oxygen atoms in total. The number of aromatic nitrogens is 3. The van der Waals surface area contributed by atoms with Gasteiger partial charge in [0.05, 0.1) is 23.0 Å². The molecule has 1 amide bonds. The minimum absolute atomic E-state index is 0.169. The number of carbonyl (C=O) groups is 1. The number of rotatable bonds is 4. The highest BCUT2D eigenvalue weighted by atomic mass is 16.7. The lowest BCUT2D eigenvalue weighted by Gasteiger charge is -2.37. The van der Waals surface area contributed by atoms with Crippen molar-refractivity contribution in [2.45, 2.75) is 59.2 Å². The first-order valence-corrected chi connectivity index (χ1v) is 8.59. The minimum Gasteiger partial charge on any atom is -0.398 e. The molecule has 0 spiro atoms. The first kappa shape index (κ1) is 17.9. The minimum atomic E-state index is -0.533. The molecule has 0 aromatic carbocycles. The summed E-state index contributed by atoms with van der Waals surface area (Å²) in [5.74, 6) is 0.795. The van der Waals surface area contributed by atoms with Gasteiger partial charge in [-0.3, -0.25) is 4.79 Å². The third-order valence-corrected chi connectivity index (χ3v) is 4.73. The largest absolute Gasteiger partial charge is 0.516 e. The maximum Gasteiger partial charge on any atom is 0.516 e. The average molecular weight is 344 g/mol. The third-order valence-electron chi connectivity index (χ3n) is 4.73. The Balaban J connectivity index is 1.88. The molecule has 0 bridgehead atoms. The number of anilines is 1. The molecular formula is C17H25BN4O3. The number of hydrogen-bond donors (Lipinski definition) is 1. The van der Waals surface area contributed by atoms with Crippen molar-refractivity contribution in [1.82, 2.24) is 14.6 Å². The smallest absolute Gasteiger partial charge is 0.398 e. The quantitative estimate of drug-likeness (QED) is 0.859. The van der Waals surface area contributed by atoms with Gasteiger partial charge in [-0.2, -0.15) is 5.10 Å². The summed E-state index contributed by atoms with van der Waals surface area (Å²) in [5.41, 5.74) is 0.516. The predicted molar refractivity (Wildman–Crippen MR) is 96.8 cm³/mol. The summed E-state index contributed by atoms with van der Waals surface area (Å²) in [6.07, 6.45) is 2.57. The van der Waals surface area contributed by atoms with Crippen molar-refractivity contribution < 1.29 is 14.1 Å². The van der Waals surface area contributed by atoms with Crippen LogP contribution in [0.5, 0.6) is 0 Å². The number of fused-ring (bicyclic) bond motifs is 1. The first-order chi connectivity index (χ1) is 11.6. The van der Waals surface area contributed by atoms with Crippen LogP contribution < -0.4 is 10.9 Å². The van der Waals surface area contributed by atoms with Crippen LogP contribution >= 0.6 is 0 Å². The molecule has 0 saturated carbocycles. The van der Waals surface area contributed by atoms with Crippen molar-refractivity contribution in [2.75, 3.05) is 5.32 Å². The predicted octanol–water partition coefficient (Wildman–Crippen LogP) is 2.01. The van der Waals surface area contributed by atoms with Gasteiger partial charge < -0.3 is 14.6 Å². The molecular weight excluding hydrogens is 319 g/mol. The van der Waals surface area contributed by atoms with E-state index in [0.29, 0.717) is 23.0 Å². The van der Waals surface area contributed by atoms with E-state index in [2.05, 4.69) is 50.0 Å². The van der Waals surface area contributed by atoms with Gasteiger partial charge in [-0.25, -0.2) is 9.50 Å². The van der Waals surface area contributed by atoms with Crippen LogP contribution in [0, 0.1) is 5.92 Å². The van der Waals surface area contributed by atoms with Gasteiger partial charge in [0.2, 0.25) is 5.91 Å². The number of hydrogen-bond acceptors (Lipinski definition) is 5. The normalized spacial score (nSPS) is 22.8. The highest BCUT2D eigenvalue weighted by Gasteiger charge is 2.55. The number of carbonyl (C=O) groups excluding carboxylic acids is 1. The summed E-state index contributed by atoms with van der Waals surface area (Å²) < 4.78 is 14.1. The summed E-state index contributed by atoms with van der Waals surface area (Å²) in [4.78, 5) is 15.5. The molecule has 0 radical (unpaired) electrons. The molecule has 1 aliphatic rings. The second-order valence-electron chi connectivity index (χ2n) is 7.78. The summed E-state index contributed by atoms with van der Waals surface area (Å²) in [7, 11) is -0.533. The Morgan fingerprint density at radius 2 is 2.04 bits per heavy atom. The zero-order valence-electron chi connectivity index (χ0n) is 15.7. The molecule has 2 aromatic rings. The molecule has 0 aliphatic carbocycles. The molecule has 8 heteroatoms. The van der Waals surface area contributed by atoms with Crippen LogP contribution in [0.1, 0.15) is 48.0 Å². The van der Waals surface area contributed by atoms with Crippen molar-refractivity contribution in [3.05, 3.63) is 18.3 Å². The molecule has 3 rings (SSSR count). The highest BCUT2D eigenvalue weighted by molar-refractivity contribution is 6.61. The van der Waals surface area contributed by atoms with Gasteiger partial charge in [-0.1, -0.05) is 13.8 Å². The summed E-state index contributed by atoms with van der Waals surface area (Å²) in [6.45, 7) is 12.0. The van der Waals surface area contributed by atoms with Gasteiger partial charge in [-0.05, 0) is 45.2 Å². The van der Waals surface area contributed by atoms with Crippen LogP contribution in [0.2, 0.25) is 0 Å². The molecule has 1 atom stereocenters. The van der Waals surface area contributed by atoms with E-state index in [9.17, 15) is 4.79 Å². The van der Waals surface area contributed by atoms with Crippen LogP contribution in [0.15, 0.2) is 18.3 Å². The number of nitrogens with zero attached hydrogens (tertiary/aromatic N) is 3. The molecule has 1 aliphatic heterocycles. The van der Waals surface area contributed by atoms with Crippen molar-refractivity contribution in [1.29, 1.82) is 0 Å². The fourth-order valence-corrected chi connectivity index (χ4v) is 3.25. The lowest BCUT2D eigenvalue weighted by atomic mass is 9.81. The van der Waals surface area contributed by atoms with E-state index in [1.165, 1.54) is 6.92 Å². The summed E-state index contributed by atoms with van der Waals surface area (Å²) in [6, 6.07) is 3.69. The Kier molecular flexibility index (Phi) is 4.37. The second-order valence-corrected chi connectivity index (χ2v) is 7.78. The van der Waals surface area contributed by atoms with Gasteiger partial charge in [0.25, 0.3) is 0 Å². The Bertz CT molecular complexity index is 804. The summed E-state index contributed by atoms with van der Waals surface area (Å²) >= 11 is 0. The number of nitrogens with one attached hydrogen (secondary N) is 1. The molecule has 3 heterocycles. The van der Waals surface area contributed by atoms with Crippen molar-refractivity contribution in [2.24, 2.45) is 5.92 Å². The average Bonchev–Trinajstić information content (AvgIpc) is 2.94. The van der Waals surface area contributed by atoms with E-state index in [0.717, 1.165) is 6.42 Å². The molecule has 1 N–H and O–H groups in total. The van der Waals surface area contributed by atoms with Crippen molar-refractivity contribution in [3.8, 4) is 0 Å². The van der Waals surface area contributed by atoms with Crippen LogP contribution in [0.3, 0.4) is 0 Å². The van der Waals surface area contributed by atoms with Crippen LogP contribution in [-0.4, -0.2) is 38.8 Å². The molecule has 1 fully saturated rings. The summed E-state index contributed by atoms with van der Waals surface area (Å²) in [5, 5.41) is 7.21. The third kappa shape index (κ3) is 3.41. The topological polar surface area (TPSA) is 77.8 Å². The van der Waals surface area contributed by atoms with E-state index in [-0.39, 0.29) is 5.91 Å². The SMILES string of the molecule is CC(=O)Nc1cn2nc(B3OC(C)(C)C(C)(CC(C)C)O3)ccc2n1. The Labute approximate surface area is 148 Å². The van der Waals surface area contributed by atoms with E-state index >= 15 is 0 Å². The van der Waals surface area contributed by atoms with Crippen LogP contribution in [-0.2, 0) is 14.1 Å². The van der Waals surface area contributed by atoms with E-state index in [1.807, 2.05) is 12.1 Å². The first-order valence-electron chi connectivity index (χ1n) is 8.59.